The van der Waals surface area contributed by atoms with Gasteiger partial charge in [0, 0.05) is 12.0 Å². The number of carbonyl (C=O) groups excluding carboxylic acids is 1. The number of amidine groups is 2. The van der Waals surface area contributed by atoms with E-state index in [4.69, 9.17) is 10.1 Å². The summed E-state index contributed by atoms with van der Waals surface area (Å²) in [5.74, 6) is 0.310. The van der Waals surface area contributed by atoms with Crippen LogP contribution in [0.15, 0.2) is 50.8 Å². The third-order valence-corrected chi connectivity index (χ3v) is 7.45. The number of amides is 1. The van der Waals surface area contributed by atoms with E-state index in [2.05, 4.69) is 20.2 Å². The summed E-state index contributed by atoms with van der Waals surface area (Å²) in [6, 6.07) is 8.50. The lowest BCUT2D eigenvalue weighted by molar-refractivity contribution is -0.114. The van der Waals surface area contributed by atoms with Gasteiger partial charge in [-0.15, -0.1) is 0 Å². The van der Waals surface area contributed by atoms with Gasteiger partial charge in [-0.05, 0) is 42.0 Å². The number of thioether (sulfide) groups is 1. The standard InChI is InChI=1S/C23H21N7O3S2/c1-4-17-27-29-18(31)10-14(25-22(29)34-17)11-33-15-7-5-13(6-8-15)9-16-19(24)30-23(26-20(16)32)35-21(28-30)12(2)3/h5-10,12,24H,4,11H2,1-3H3/b16-9-,24-19?. The maximum atomic E-state index is 12.5. The van der Waals surface area contributed by atoms with E-state index in [1.165, 1.54) is 38.7 Å². The molecule has 2 aliphatic rings. The van der Waals surface area contributed by atoms with E-state index in [9.17, 15) is 9.59 Å². The molecule has 178 valence electrons. The van der Waals surface area contributed by atoms with Crippen LogP contribution in [0, 0.1) is 11.3 Å². The summed E-state index contributed by atoms with van der Waals surface area (Å²) >= 11 is 2.70. The van der Waals surface area contributed by atoms with Gasteiger partial charge in [-0.3, -0.25) is 15.0 Å². The Balaban J connectivity index is 1.30. The van der Waals surface area contributed by atoms with E-state index in [-0.39, 0.29) is 29.5 Å². The van der Waals surface area contributed by atoms with Crippen molar-refractivity contribution in [2.45, 2.75) is 33.8 Å². The van der Waals surface area contributed by atoms with Gasteiger partial charge in [-0.25, -0.2) is 4.98 Å². The van der Waals surface area contributed by atoms with Crippen LogP contribution in [-0.2, 0) is 17.8 Å². The fourth-order valence-corrected chi connectivity index (χ4v) is 5.09. The highest BCUT2D eigenvalue weighted by Crippen LogP contribution is 2.31. The first-order valence-electron chi connectivity index (χ1n) is 10.9. The van der Waals surface area contributed by atoms with Gasteiger partial charge >= 0.3 is 0 Å². The second-order valence-corrected chi connectivity index (χ2v) is 10.1. The summed E-state index contributed by atoms with van der Waals surface area (Å²) < 4.78 is 7.11. The number of aliphatic imine (C=N–C) groups is 1. The van der Waals surface area contributed by atoms with Crippen LogP contribution in [0.2, 0.25) is 0 Å². The Morgan fingerprint density at radius 2 is 1.97 bits per heavy atom. The summed E-state index contributed by atoms with van der Waals surface area (Å²) in [5, 5.41) is 20.6. The Kier molecular flexibility index (Phi) is 6.07. The highest BCUT2D eigenvalue weighted by molar-refractivity contribution is 8.27. The third-order valence-electron chi connectivity index (χ3n) is 5.18. The number of benzene rings is 1. The van der Waals surface area contributed by atoms with Crippen LogP contribution < -0.4 is 10.3 Å². The Morgan fingerprint density at radius 3 is 2.69 bits per heavy atom. The fourth-order valence-electron chi connectivity index (χ4n) is 3.34. The van der Waals surface area contributed by atoms with Crippen LogP contribution in [0.5, 0.6) is 5.75 Å². The van der Waals surface area contributed by atoms with E-state index in [1.54, 1.807) is 30.3 Å². The number of hydrazone groups is 1. The zero-order valence-corrected chi connectivity index (χ0v) is 20.8. The van der Waals surface area contributed by atoms with Gasteiger partial charge in [0.15, 0.2) is 5.84 Å². The van der Waals surface area contributed by atoms with Crippen molar-refractivity contribution in [1.29, 1.82) is 5.41 Å². The first kappa shape index (κ1) is 23.1. The quantitative estimate of drug-likeness (QED) is 0.506. The fraction of sp³-hybridized carbons (Fsp3) is 0.261. The van der Waals surface area contributed by atoms with Crippen LogP contribution in [0.1, 0.15) is 37.0 Å². The number of rotatable bonds is 6. The molecule has 0 radical (unpaired) electrons. The van der Waals surface area contributed by atoms with Crippen molar-refractivity contribution in [3.8, 4) is 5.75 Å². The maximum Gasteiger partial charge on any atom is 0.283 e. The van der Waals surface area contributed by atoms with Gasteiger partial charge in [-0.2, -0.15) is 24.7 Å². The minimum Gasteiger partial charge on any atom is -0.487 e. The molecule has 1 amide bonds. The molecule has 1 N–H and O–H groups in total. The molecule has 35 heavy (non-hydrogen) atoms. The minimum absolute atomic E-state index is 0.00512. The second-order valence-electron chi connectivity index (χ2n) is 8.10. The highest BCUT2D eigenvalue weighted by atomic mass is 32.2. The molecule has 0 fully saturated rings. The second kappa shape index (κ2) is 9.19. The molecule has 3 aromatic rings. The van der Waals surface area contributed by atoms with E-state index in [1.807, 2.05) is 20.8 Å². The van der Waals surface area contributed by atoms with Crippen molar-refractivity contribution in [3.05, 3.63) is 62.5 Å². The zero-order chi connectivity index (χ0) is 24.7. The number of fused-ring (bicyclic) bond motifs is 2. The number of hydrogen-bond donors (Lipinski definition) is 1. The number of hydrogen-bond acceptors (Lipinski definition) is 9. The van der Waals surface area contributed by atoms with Crippen LogP contribution >= 0.6 is 23.1 Å². The van der Waals surface area contributed by atoms with Crippen molar-refractivity contribution >= 4 is 56.1 Å². The van der Waals surface area contributed by atoms with Crippen molar-refractivity contribution in [2.24, 2.45) is 16.0 Å². The smallest absolute Gasteiger partial charge is 0.283 e. The number of nitrogens with zero attached hydrogens (tertiary/aromatic N) is 6. The summed E-state index contributed by atoms with van der Waals surface area (Å²) in [6.07, 6.45) is 2.36. The molecule has 2 aliphatic heterocycles. The molecule has 4 heterocycles. The van der Waals surface area contributed by atoms with Gasteiger partial charge in [-0.1, -0.05) is 44.2 Å². The molecule has 10 nitrogen and oxygen atoms in total. The predicted octanol–water partition coefficient (Wildman–Crippen LogP) is 3.57. The molecule has 0 spiro atoms. The molecule has 12 heteroatoms. The molecule has 2 aromatic heterocycles. The van der Waals surface area contributed by atoms with Crippen LogP contribution in [-0.4, -0.2) is 41.6 Å². The first-order chi connectivity index (χ1) is 16.8. The number of aromatic nitrogens is 3. The summed E-state index contributed by atoms with van der Waals surface area (Å²) in [6.45, 7) is 6.12. The average Bonchev–Trinajstić information content (AvgIpc) is 3.46. The summed E-state index contributed by atoms with van der Waals surface area (Å²) in [5.41, 5.74) is 1.18. The average molecular weight is 508 g/mol. The van der Waals surface area contributed by atoms with Gasteiger partial charge in [0.05, 0.1) is 11.3 Å². The number of carbonyl (C=O) groups is 1. The van der Waals surface area contributed by atoms with E-state index >= 15 is 0 Å². The third kappa shape index (κ3) is 4.54. The molecular weight excluding hydrogens is 486 g/mol. The molecule has 1 aromatic carbocycles. The molecule has 0 atom stereocenters. The Morgan fingerprint density at radius 1 is 1.20 bits per heavy atom. The number of nitrogens with one attached hydrogen (secondary N) is 1. The van der Waals surface area contributed by atoms with Gasteiger partial charge in [0.2, 0.25) is 10.1 Å². The first-order valence-corrected chi connectivity index (χ1v) is 12.6. The van der Waals surface area contributed by atoms with E-state index in [0.717, 1.165) is 22.0 Å². The normalized spacial score (nSPS) is 16.8. The lowest BCUT2D eigenvalue weighted by Gasteiger charge is -2.20. The monoisotopic (exact) mass is 507 g/mol. The Labute approximate surface area is 208 Å². The van der Waals surface area contributed by atoms with Gasteiger partial charge in [0.1, 0.15) is 22.4 Å². The SMILES string of the molecule is CCc1nn2c(=O)cc(COc3ccc(/C=C4/C(=N)N5N=C(C(C)C)SC5=NC4=O)cc3)nc2s1. The highest BCUT2D eigenvalue weighted by Gasteiger charge is 2.36. The summed E-state index contributed by atoms with van der Waals surface area (Å²) in [4.78, 5) is 33.9. The van der Waals surface area contributed by atoms with Crippen LogP contribution in [0.4, 0.5) is 0 Å². The molecular formula is C23H21N7O3S2. The van der Waals surface area contributed by atoms with Crippen molar-refractivity contribution in [3.63, 3.8) is 0 Å². The van der Waals surface area contributed by atoms with Crippen molar-refractivity contribution in [2.75, 3.05) is 0 Å². The van der Waals surface area contributed by atoms with Crippen molar-refractivity contribution < 1.29 is 9.53 Å². The maximum absolute atomic E-state index is 12.5. The molecule has 5 rings (SSSR count). The molecule has 0 bridgehead atoms. The number of aryl methyl sites for hydroxylation is 1. The van der Waals surface area contributed by atoms with Gasteiger partial charge in [0.25, 0.3) is 11.5 Å². The topological polar surface area (TPSA) is 125 Å². The Hall–Kier alpha value is -3.64. The Bertz CT molecular complexity index is 1500. The molecule has 0 saturated carbocycles. The van der Waals surface area contributed by atoms with E-state index < -0.39 is 5.91 Å². The largest absolute Gasteiger partial charge is 0.487 e. The van der Waals surface area contributed by atoms with E-state index in [0.29, 0.717) is 21.6 Å². The lowest BCUT2D eigenvalue weighted by Crippen LogP contribution is -2.35. The van der Waals surface area contributed by atoms with Crippen LogP contribution in [0.25, 0.3) is 11.0 Å². The molecule has 0 saturated heterocycles. The van der Waals surface area contributed by atoms with Gasteiger partial charge < -0.3 is 4.74 Å². The number of ether oxygens (including phenoxy) is 1. The van der Waals surface area contributed by atoms with Crippen LogP contribution in [0.3, 0.4) is 0 Å². The molecule has 0 aliphatic carbocycles. The minimum atomic E-state index is -0.462. The summed E-state index contributed by atoms with van der Waals surface area (Å²) in [7, 11) is 0. The lowest BCUT2D eigenvalue weighted by atomic mass is 10.1. The zero-order valence-electron chi connectivity index (χ0n) is 19.2. The van der Waals surface area contributed by atoms with Crippen molar-refractivity contribution in [1.82, 2.24) is 19.6 Å². The molecule has 0 unspecified atom stereocenters. The predicted molar refractivity (Wildman–Crippen MR) is 137 cm³/mol.